The molecule has 118 valence electrons. The number of carbonyl (C=O) groups is 2. The Bertz CT molecular complexity index is 688. The first-order valence-electron chi connectivity index (χ1n) is 7.46. The molecule has 2 rings (SSSR count). The molecule has 0 bridgehead atoms. The van der Waals surface area contributed by atoms with Gasteiger partial charge in [0.05, 0.1) is 6.42 Å². The third-order valence-electron chi connectivity index (χ3n) is 3.69. The molecule has 0 saturated carbocycles. The van der Waals surface area contributed by atoms with Gasteiger partial charge in [-0.3, -0.25) is 4.79 Å². The fourth-order valence-corrected chi connectivity index (χ4v) is 2.70. The van der Waals surface area contributed by atoms with Crippen LogP contribution in [-0.2, 0) is 16.0 Å². The van der Waals surface area contributed by atoms with Crippen LogP contribution in [0.4, 0.5) is 0 Å². The number of aromatic amines is 1. The Morgan fingerprint density at radius 1 is 1.32 bits per heavy atom. The molecule has 2 aromatic rings. The summed E-state index contributed by atoms with van der Waals surface area (Å²) in [5, 5.41) is 12.8. The highest BCUT2D eigenvalue weighted by Gasteiger charge is 2.21. The number of aryl methyl sites for hydroxylation is 1. The average Bonchev–Trinajstić information content (AvgIpc) is 2.82. The number of carboxylic acid groups (broad SMARTS) is 1. The van der Waals surface area contributed by atoms with Gasteiger partial charge in [0.2, 0.25) is 5.91 Å². The van der Waals surface area contributed by atoms with E-state index in [9.17, 15) is 14.7 Å². The van der Waals surface area contributed by atoms with Crippen molar-refractivity contribution in [2.24, 2.45) is 5.92 Å². The van der Waals surface area contributed by atoms with Gasteiger partial charge in [-0.2, -0.15) is 0 Å². The molecule has 0 aliphatic carbocycles. The van der Waals surface area contributed by atoms with Crippen LogP contribution < -0.4 is 5.32 Å². The summed E-state index contributed by atoms with van der Waals surface area (Å²) < 4.78 is 0. The van der Waals surface area contributed by atoms with Gasteiger partial charge in [-0.1, -0.05) is 26.0 Å². The highest BCUT2D eigenvalue weighted by atomic mass is 16.4. The number of hydrogen-bond donors (Lipinski definition) is 3. The molecular formula is C17H22N2O3. The lowest BCUT2D eigenvalue weighted by atomic mass is 10.0. The van der Waals surface area contributed by atoms with Crippen LogP contribution in [-0.4, -0.2) is 28.0 Å². The van der Waals surface area contributed by atoms with Crippen molar-refractivity contribution >= 4 is 22.8 Å². The number of H-pyrrole nitrogens is 1. The lowest BCUT2D eigenvalue weighted by Gasteiger charge is -2.16. The fourth-order valence-electron chi connectivity index (χ4n) is 2.70. The molecule has 1 atom stereocenters. The molecular weight excluding hydrogens is 280 g/mol. The Kier molecular flexibility index (Phi) is 4.85. The van der Waals surface area contributed by atoms with Gasteiger partial charge in [0.15, 0.2) is 0 Å². The van der Waals surface area contributed by atoms with Crippen LogP contribution in [0.5, 0.6) is 0 Å². The summed E-state index contributed by atoms with van der Waals surface area (Å²) >= 11 is 0. The Hall–Kier alpha value is -2.30. The van der Waals surface area contributed by atoms with Crippen molar-refractivity contribution in [1.82, 2.24) is 10.3 Å². The normalized spacial score (nSPS) is 12.5. The van der Waals surface area contributed by atoms with Crippen molar-refractivity contribution in [3.8, 4) is 0 Å². The van der Waals surface area contributed by atoms with Crippen LogP contribution in [0.1, 0.15) is 31.4 Å². The predicted molar refractivity (Wildman–Crippen MR) is 85.8 cm³/mol. The van der Waals surface area contributed by atoms with Crippen LogP contribution in [0.2, 0.25) is 0 Å². The summed E-state index contributed by atoms with van der Waals surface area (Å²) in [4.78, 5) is 26.5. The fraction of sp³-hybridized carbons (Fsp3) is 0.412. The highest BCUT2D eigenvalue weighted by Crippen LogP contribution is 2.22. The minimum absolute atomic E-state index is 0.173. The monoisotopic (exact) mass is 302 g/mol. The maximum Gasteiger partial charge on any atom is 0.326 e. The van der Waals surface area contributed by atoms with Crippen LogP contribution in [0.25, 0.3) is 10.9 Å². The Morgan fingerprint density at radius 2 is 2.05 bits per heavy atom. The smallest absolute Gasteiger partial charge is 0.326 e. The third kappa shape index (κ3) is 3.67. The van der Waals surface area contributed by atoms with E-state index in [4.69, 9.17) is 0 Å². The van der Waals surface area contributed by atoms with Crippen molar-refractivity contribution in [1.29, 1.82) is 0 Å². The molecule has 5 heteroatoms. The largest absolute Gasteiger partial charge is 0.480 e. The Labute approximate surface area is 129 Å². The summed E-state index contributed by atoms with van der Waals surface area (Å²) in [6.07, 6.45) is 2.41. The molecule has 0 spiro atoms. The number of nitrogens with one attached hydrogen (secondary N) is 2. The van der Waals surface area contributed by atoms with E-state index in [0.29, 0.717) is 6.42 Å². The number of amides is 1. The van der Waals surface area contributed by atoms with E-state index in [1.165, 1.54) is 0 Å². The van der Waals surface area contributed by atoms with Gasteiger partial charge in [0.25, 0.3) is 0 Å². The van der Waals surface area contributed by atoms with Crippen molar-refractivity contribution in [3.63, 3.8) is 0 Å². The van der Waals surface area contributed by atoms with Crippen molar-refractivity contribution in [2.75, 3.05) is 0 Å². The summed E-state index contributed by atoms with van der Waals surface area (Å²) in [5.74, 6) is -1.05. The van der Waals surface area contributed by atoms with E-state index in [-0.39, 0.29) is 18.2 Å². The van der Waals surface area contributed by atoms with Gasteiger partial charge in [0.1, 0.15) is 6.04 Å². The predicted octanol–water partition coefficient (Wildman–Crippen LogP) is 2.63. The minimum Gasteiger partial charge on any atom is -0.480 e. The number of carbonyl (C=O) groups excluding carboxylic acids is 1. The summed E-state index contributed by atoms with van der Waals surface area (Å²) in [6.45, 7) is 5.87. The number of aromatic nitrogens is 1. The maximum absolute atomic E-state index is 12.2. The van der Waals surface area contributed by atoms with E-state index in [2.05, 4.69) is 10.3 Å². The van der Waals surface area contributed by atoms with Gasteiger partial charge >= 0.3 is 5.97 Å². The first-order chi connectivity index (χ1) is 10.4. The van der Waals surface area contributed by atoms with Crippen molar-refractivity contribution < 1.29 is 14.7 Å². The molecule has 1 unspecified atom stereocenters. The lowest BCUT2D eigenvalue weighted by molar-refractivity contribution is -0.142. The first-order valence-corrected chi connectivity index (χ1v) is 7.46. The standard InChI is InChI=1S/C17H22N2O3/c1-10(2)7-14(17(21)22)19-15(20)8-12-9-18-13-6-4-5-11(3)16(12)13/h4-6,9-10,14,18H,7-8H2,1-3H3,(H,19,20)(H,21,22). The maximum atomic E-state index is 12.2. The van der Waals surface area contributed by atoms with Crippen LogP contribution >= 0.6 is 0 Å². The number of hydrogen-bond acceptors (Lipinski definition) is 2. The van der Waals surface area contributed by atoms with Gasteiger partial charge < -0.3 is 15.4 Å². The SMILES string of the molecule is Cc1cccc2[nH]cc(CC(=O)NC(CC(C)C)C(=O)O)c12. The minimum atomic E-state index is -0.989. The van der Waals surface area contributed by atoms with E-state index in [0.717, 1.165) is 22.0 Å². The van der Waals surface area contributed by atoms with Crippen LogP contribution in [0.15, 0.2) is 24.4 Å². The van der Waals surface area contributed by atoms with Crippen LogP contribution in [0, 0.1) is 12.8 Å². The second kappa shape index (κ2) is 6.64. The second-order valence-electron chi connectivity index (χ2n) is 6.08. The summed E-state index contributed by atoms with van der Waals surface area (Å²) in [5.41, 5.74) is 2.97. The molecule has 0 radical (unpaired) electrons. The number of carboxylic acids is 1. The quantitative estimate of drug-likeness (QED) is 0.767. The zero-order valence-electron chi connectivity index (χ0n) is 13.1. The Balaban J connectivity index is 2.12. The molecule has 0 aliphatic heterocycles. The third-order valence-corrected chi connectivity index (χ3v) is 3.69. The van der Waals surface area contributed by atoms with Gasteiger partial charge in [-0.25, -0.2) is 4.79 Å². The van der Waals surface area contributed by atoms with Gasteiger partial charge in [0, 0.05) is 17.1 Å². The Morgan fingerprint density at radius 3 is 2.68 bits per heavy atom. The molecule has 0 fully saturated rings. The summed E-state index contributed by atoms with van der Waals surface area (Å²) in [6, 6.07) is 5.08. The van der Waals surface area contributed by atoms with E-state index in [1.54, 1.807) is 0 Å². The number of benzene rings is 1. The second-order valence-corrected chi connectivity index (χ2v) is 6.08. The summed E-state index contributed by atoms with van der Waals surface area (Å²) in [7, 11) is 0. The van der Waals surface area contributed by atoms with Crippen molar-refractivity contribution in [3.05, 3.63) is 35.5 Å². The molecule has 1 aromatic carbocycles. The molecule has 22 heavy (non-hydrogen) atoms. The van der Waals surface area contributed by atoms with E-state index >= 15 is 0 Å². The van der Waals surface area contributed by atoms with Crippen molar-refractivity contribution in [2.45, 2.75) is 39.7 Å². The number of fused-ring (bicyclic) bond motifs is 1. The topological polar surface area (TPSA) is 82.2 Å². The van der Waals surface area contributed by atoms with Crippen LogP contribution in [0.3, 0.4) is 0 Å². The molecule has 0 aliphatic rings. The molecule has 3 N–H and O–H groups in total. The zero-order chi connectivity index (χ0) is 16.3. The van der Waals surface area contributed by atoms with Gasteiger partial charge in [-0.15, -0.1) is 0 Å². The molecule has 1 amide bonds. The van der Waals surface area contributed by atoms with Gasteiger partial charge in [-0.05, 0) is 36.5 Å². The number of aliphatic carboxylic acids is 1. The van der Waals surface area contributed by atoms with E-state index < -0.39 is 12.0 Å². The molecule has 5 nitrogen and oxygen atoms in total. The zero-order valence-corrected chi connectivity index (χ0v) is 13.1. The average molecular weight is 302 g/mol. The van der Waals surface area contributed by atoms with E-state index in [1.807, 2.05) is 45.2 Å². The first kappa shape index (κ1) is 16.1. The molecule has 1 heterocycles. The lowest BCUT2D eigenvalue weighted by Crippen LogP contribution is -2.42. The number of rotatable bonds is 6. The molecule has 0 saturated heterocycles. The molecule has 1 aromatic heterocycles. The highest BCUT2D eigenvalue weighted by molar-refractivity contribution is 5.92.